The van der Waals surface area contributed by atoms with Crippen LogP contribution in [0.15, 0.2) is 23.3 Å². The fourth-order valence-corrected chi connectivity index (χ4v) is 8.37. The van der Waals surface area contributed by atoms with E-state index in [-0.39, 0.29) is 30.3 Å². The number of fused-ring (bicyclic) bond motifs is 5. The average Bonchev–Trinajstić information content (AvgIpc) is 3.53. The van der Waals surface area contributed by atoms with Crippen LogP contribution in [0.2, 0.25) is 0 Å². The van der Waals surface area contributed by atoms with Crippen LogP contribution < -0.4 is 0 Å². The number of carbonyl (C=O) groups excluding carboxylic acids is 1. The largest absolute Gasteiger partial charge is 0.393 e. The van der Waals surface area contributed by atoms with Crippen molar-refractivity contribution in [1.82, 2.24) is 0 Å². The molecule has 0 aromatic carbocycles. The summed E-state index contributed by atoms with van der Waals surface area (Å²) in [6.45, 7) is 12.3. The Morgan fingerprint density at radius 2 is 1.74 bits per heavy atom. The van der Waals surface area contributed by atoms with Crippen LogP contribution in [-0.4, -0.2) is 62.3 Å². The first kappa shape index (κ1) is 24.6. The van der Waals surface area contributed by atoms with Gasteiger partial charge < -0.3 is 25.2 Å². The highest BCUT2D eigenvalue weighted by atomic mass is 16.6. The Hall–Kier alpha value is -1.05. The van der Waals surface area contributed by atoms with Gasteiger partial charge in [0.05, 0.1) is 29.8 Å². The van der Waals surface area contributed by atoms with Crippen molar-refractivity contribution in [2.75, 3.05) is 0 Å². The number of ether oxygens (including phenoxy) is 1. The Morgan fingerprint density at radius 3 is 2.38 bits per heavy atom. The molecule has 0 bridgehead atoms. The lowest BCUT2D eigenvalue weighted by molar-refractivity contribution is -0.171. The minimum atomic E-state index is -1.53. The van der Waals surface area contributed by atoms with Crippen LogP contribution in [0.25, 0.3) is 0 Å². The van der Waals surface area contributed by atoms with Gasteiger partial charge in [-0.2, -0.15) is 0 Å². The number of Topliss-reactive ketones (excluding diaryl/α,β-unsaturated/α-hetero) is 1. The number of aliphatic hydroxyl groups is 4. The highest BCUT2D eigenvalue weighted by Crippen LogP contribution is 2.67. The first-order valence-electron chi connectivity index (χ1n) is 13.2. The molecule has 1 saturated heterocycles. The maximum atomic E-state index is 14.0. The lowest BCUT2D eigenvalue weighted by atomic mass is 9.47. The molecule has 6 nitrogen and oxygen atoms in total. The van der Waals surface area contributed by atoms with Crippen LogP contribution in [0.1, 0.15) is 67.2 Å². The van der Waals surface area contributed by atoms with Gasteiger partial charge in [0.25, 0.3) is 0 Å². The molecule has 4 N–H and O–H groups in total. The molecule has 5 aliphatic rings. The predicted octanol–water partition coefficient (Wildman–Crippen LogP) is 2.78. The van der Waals surface area contributed by atoms with E-state index >= 15 is 0 Å². The number of rotatable bonds is 4. The van der Waals surface area contributed by atoms with Gasteiger partial charge in [0.2, 0.25) is 0 Å². The van der Waals surface area contributed by atoms with Crippen molar-refractivity contribution in [2.45, 2.75) is 103 Å². The predicted molar refractivity (Wildman–Crippen MR) is 128 cm³/mol. The third-order valence-corrected chi connectivity index (χ3v) is 10.9. The summed E-state index contributed by atoms with van der Waals surface area (Å²) in [6, 6.07) is 0. The molecule has 1 aliphatic heterocycles. The summed E-state index contributed by atoms with van der Waals surface area (Å²) >= 11 is 0. The Balaban J connectivity index is 1.54. The number of hydrogen-bond donors (Lipinski definition) is 4. The second kappa shape index (κ2) is 7.72. The van der Waals surface area contributed by atoms with E-state index < -0.39 is 46.6 Å². The fourth-order valence-electron chi connectivity index (χ4n) is 8.37. The molecule has 0 aromatic heterocycles. The minimum absolute atomic E-state index is 0.0666. The number of ketones is 1. The molecule has 0 radical (unpaired) electrons. The number of epoxide rings is 1. The number of allylic oxidation sites excluding steroid dienone is 2. The van der Waals surface area contributed by atoms with Crippen molar-refractivity contribution in [3.05, 3.63) is 23.3 Å². The Labute approximate surface area is 203 Å². The summed E-state index contributed by atoms with van der Waals surface area (Å²) in [4.78, 5) is 14.0. The zero-order chi connectivity index (χ0) is 25.0. The number of aliphatic hydroxyl groups excluding tert-OH is 3. The normalized spacial score (nSPS) is 51.7. The van der Waals surface area contributed by atoms with E-state index in [1.54, 1.807) is 6.92 Å². The van der Waals surface area contributed by atoms with Crippen molar-refractivity contribution < 1.29 is 30.0 Å². The van der Waals surface area contributed by atoms with E-state index in [2.05, 4.69) is 20.8 Å². The molecule has 0 aromatic rings. The molecule has 0 amide bonds. The Kier molecular flexibility index (Phi) is 5.60. The third kappa shape index (κ3) is 3.02. The summed E-state index contributed by atoms with van der Waals surface area (Å²) in [6.07, 6.45) is 3.16. The Bertz CT molecular complexity index is 939. The molecule has 0 spiro atoms. The second-order valence-electron chi connectivity index (χ2n) is 12.8. The summed E-state index contributed by atoms with van der Waals surface area (Å²) in [5, 5.41) is 45.4. The van der Waals surface area contributed by atoms with Gasteiger partial charge in [-0.05, 0) is 54.9 Å². The van der Waals surface area contributed by atoms with E-state index in [1.165, 1.54) is 0 Å². The molecular weight excluding hydrogens is 432 g/mol. The third-order valence-electron chi connectivity index (χ3n) is 10.9. The maximum Gasteiger partial charge on any atom is 0.171 e. The van der Waals surface area contributed by atoms with Gasteiger partial charge in [0.1, 0.15) is 11.7 Å². The van der Waals surface area contributed by atoms with Crippen LogP contribution in [0.4, 0.5) is 0 Å². The van der Waals surface area contributed by atoms with E-state index in [0.717, 1.165) is 5.57 Å². The number of hydrogen-bond acceptors (Lipinski definition) is 6. The molecule has 4 fully saturated rings. The quantitative estimate of drug-likeness (QED) is 0.467. The molecule has 3 saturated carbocycles. The minimum Gasteiger partial charge on any atom is -0.393 e. The van der Waals surface area contributed by atoms with Crippen LogP contribution in [0.3, 0.4) is 0 Å². The Morgan fingerprint density at radius 1 is 1.06 bits per heavy atom. The van der Waals surface area contributed by atoms with E-state index in [9.17, 15) is 25.2 Å². The van der Waals surface area contributed by atoms with Gasteiger partial charge in [-0.25, -0.2) is 0 Å². The lowest BCUT2D eigenvalue weighted by Gasteiger charge is -2.58. The summed E-state index contributed by atoms with van der Waals surface area (Å²) < 4.78 is 6.07. The molecule has 34 heavy (non-hydrogen) atoms. The SMILES string of the molecule is CC(C)[C@@H](C)[C@@H]1O[C@@H]1[C@@H](C)[C@H]1[C@@H](O)C[C@]2(O)C3=CC=C4C[C@@H](O)CC[C@]4(C)[C@H]3[C@H](O)C(=O)[C@]12C. The van der Waals surface area contributed by atoms with Crippen LogP contribution in [-0.2, 0) is 9.53 Å². The van der Waals surface area contributed by atoms with Gasteiger partial charge in [0, 0.05) is 18.3 Å². The zero-order valence-electron chi connectivity index (χ0n) is 21.4. The van der Waals surface area contributed by atoms with Crippen molar-refractivity contribution >= 4 is 5.78 Å². The van der Waals surface area contributed by atoms with Gasteiger partial charge in [-0.1, -0.05) is 52.3 Å². The summed E-state index contributed by atoms with van der Waals surface area (Å²) in [7, 11) is 0. The smallest absolute Gasteiger partial charge is 0.171 e. The topological polar surface area (TPSA) is 111 Å². The standard InChI is InChI=1S/C28H42O6/c1-13(2)14(3)23-24(34-23)15(4)20-19(30)12-28(33)18-8-7-16-11-17(29)9-10-26(16,5)21(18)22(31)25(32)27(20,28)6/h7-8,13-15,17,19-24,29-31,33H,9-12H2,1-6H3/t14-,15+,17+,19+,20+,21-,22+,23+,24-,26+,27+,28+/m1/s1. The van der Waals surface area contributed by atoms with E-state index in [0.29, 0.717) is 36.7 Å². The maximum absolute atomic E-state index is 14.0. The van der Waals surface area contributed by atoms with Crippen LogP contribution in [0, 0.1) is 40.4 Å². The molecule has 5 rings (SSSR count). The van der Waals surface area contributed by atoms with Crippen molar-refractivity contribution in [3.63, 3.8) is 0 Å². The average molecular weight is 475 g/mol. The summed E-state index contributed by atoms with van der Waals surface area (Å²) in [5.74, 6) is -0.733. The lowest BCUT2D eigenvalue weighted by Crippen LogP contribution is -2.66. The van der Waals surface area contributed by atoms with Gasteiger partial charge in [-0.15, -0.1) is 0 Å². The highest BCUT2D eigenvalue weighted by molar-refractivity contribution is 5.94. The zero-order valence-corrected chi connectivity index (χ0v) is 21.4. The number of carbonyl (C=O) groups is 1. The second-order valence-corrected chi connectivity index (χ2v) is 12.8. The fraction of sp³-hybridized carbons (Fsp3) is 0.821. The monoisotopic (exact) mass is 474 g/mol. The van der Waals surface area contributed by atoms with E-state index in [1.807, 2.05) is 26.0 Å². The van der Waals surface area contributed by atoms with Gasteiger partial charge >= 0.3 is 0 Å². The van der Waals surface area contributed by atoms with Crippen molar-refractivity contribution in [1.29, 1.82) is 0 Å². The van der Waals surface area contributed by atoms with Crippen molar-refractivity contribution in [3.8, 4) is 0 Å². The van der Waals surface area contributed by atoms with E-state index in [4.69, 9.17) is 4.74 Å². The van der Waals surface area contributed by atoms with Crippen LogP contribution >= 0.6 is 0 Å². The molecule has 1 heterocycles. The highest BCUT2D eigenvalue weighted by Gasteiger charge is 2.74. The van der Waals surface area contributed by atoms with Crippen LogP contribution in [0.5, 0.6) is 0 Å². The first-order valence-corrected chi connectivity index (χ1v) is 13.2. The molecule has 0 unspecified atom stereocenters. The van der Waals surface area contributed by atoms with Crippen molar-refractivity contribution in [2.24, 2.45) is 40.4 Å². The van der Waals surface area contributed by atoms with Gasteiger partial charge in [0.15, 0.2) is 5.78 Å². The van der Waals surface area contributed by atoms with Gasteiger partial charge in [-0.3, -0.25) is 4.79 Å². The summed E-state index contributed by atoms with van der Waals surface area (Å²) in [5.41, 5.74) is -1.63. The molecule has 6 heteroatoms. The molecule has 4 aliphatic carbocycles. The molecular formula is C28H42O6. The molecule has 12 atom stereocenters. The molecule has 190 valence electrons. The first-order chi connectivity index (χ1) is 15.8.